The van der Waals surface area contributed by atoms with Gasteiger partial charge in [-0.1, -0.05) is 12.1 Å². The molecule has 0 aliphatic heterocycles. The summed E-state index contributed by atoms with van der Waals surface area (Å²) < 4.78 is 29.1. The first kappa shape index (κ1) is 21.7. The Hall–Kier alpha value is -3.56. The molecule has 0 saturated heterocycles. The number of nitrogens with one attached hydrogen (secondary N) is 1. The molecular weight excluding hydrogens is 430 g/mol. The van der Waals surface area contributed by atoms with E-state index in [4.69, 9.17) is 14.2 Å². The number of pyridine rings is 1. The van der Waals surface area contributed by atoms with Gasteiger partial charge in [-0.3, -0.25) is 9.97 Å². The molecule has 0 aliphatic rings. The van der Waals surface area contributed by atoms with Gasteiger partial charge in [-0.2, -0.15) is 4.98 Å². The minimum absolute atomic E-state index is 0.182. The summed E-state index contributed by atoms with van der Waals surface area (Å²) in [7, 11) is 2.81. The first-order valence-corrected chi connectivity index (χ1v) is 11.0. The predicted molar refractivity (Wildman–Crippen MR) is 120 cm³/mol. The van der Waals surface area contributed by atoms with Crippen molar-refractivity contribution in [1.29, 1.82) is 0 Å². The second-order valence-corrected chi connectivity index (χ2v) is 8.26. The third-order valence-corrected chi connectivity index (χ3v) is 6.07. The van der Waals surface area contributed by atoms with Gasteiger partial charge in [0.15, 0.2) is 17.3 Å². The van der Waals surface area contributed by atoms with E-state index in [0.717, 1.165) is 16.6 Å². The summed E-state index contributed by atoms with van der Waals surface area (Å²) in [6.07, 6.45) is 1.60. The number of esters is 1. The molecule has 2 aromatic carbocycles. The highest BCUT2D eigenvalue weighted by Gasteiger charge is 2.21. The number of nitrogens with zero attached hydrogens (tertiary/aromatic N) is 2. The van der Waals surface area contributed by atoms with Crippen molar-refractivity contribution in [3.8, 4) is 17.2 Å². The van der Waals surface area contributed by atoms with Crippen LogP contribution < -0.4 is 9.47 Å². The molecule has 0 fully saturated rings. The van der Waals surface area contributed by atoms with Crippen molar-refractivity contribution in [3.05, 3.63) is 71.5 Å². The lowest BCUT2D eigenvalue weighted by Crippen LogP contribution is -2.10. The van der Waals surface area contributed by atoms with Crippen LogP contribution in [0.3, 0.4) is 0 Å². The second kappa shape index (κ2) is 9.29. The lowest BCUT2D eigenvalue weighted by atomic mass is 10.2. The Bertz CT molecular complexity index is 1240. The molecule has 1 atom stereocenters. The molecule has 9 heteroatoms. The van der Waals surface area contributed by atoms with E-state index in [1.807, 2.05) is 31.2 Å². The van der Waals surface area contributed by atoms with Crippen LogP contribution in [0.1, 0.15) is 21.6 Å². The third kappa shape index (κ3) is 4.39. The molecule has 4 rings (SSSR count). The van der Waals surface area contributed by atoms with E-state index < -0.39 is 17.1 Å². The standard InChI is InChI=1S/C23H21N3O5S/c1-14-18(13-32(28)23-25-16-6-4-5-7-17(16)26-23)24-11-10-19(14)31-20-9-8-15(22(27)30-3)12-21(20)29-2/h4-12H,13H2,1-3H3,(H,25,26). The SMILES string of the molecule is COC(=O)c1ccc(Oc2ccnc(C[S+]([O-])c3nc4ccccc4[nH]3)c2C)c(OC)c1. The van der Waals surface area contributed by atoms with Gasteiger partial charge in [-0.05, 0) is 43.3 Å². The Morgan fingerprint density at radius 2 is 1.91 bits per heavy atom. The minimum atomic E-state index is -1.41. The van der Waals surface area contributed by atoms with Gasteiger partial charge in [0.25, 0.3) is 0 Å². The molecule has 0 aliphatic carbocycles. The van der Waals surface area contributed by atoms with Gasteiger partial charge >= 0.3 is 11.1 Å². The van der Waals surface area contributed by atoms with Crippen molar-refractivity contribution in [2.24, 2.45) is 0 Å². The fraction of sp³-hybridized carbons (Fsp3) is 0.174. The molecule has 1 unspecified atom stereocenters. The first-order valence-electron chi connectivity index (χ1n) is 9.72. The molecular formula is C23H21N3O5S. The van der Waals surface area contributed by atoms with E-state index in [0.29, 0.717) is 33.7 Å². The Morgan fingerprint density at radius 3 is 2.66 bits per heavy atom. The first-order chi connectivity index (χ1) is 15.5. The average molecular weight is 452 g/mol. The predicted octanol–water partition coefficient (Wildman–Crippen LogP) is 4.16. The van der Waals surface area contributed by atoms with Gasteiger partial charge in [-0.15, -0.1) is 0 Å². The average Bonchev–Trinajstić information content (AvgIpc) is 3.26. The number of ether oxygens (including phenoxy) is 3. The Balaban J connectivity index is 1.56. The lowest BCUT2D eigenvalue weighted by molar-refractivity contribution is 0.0600. The number of benzene rings is 2. The molecule has 0 saturated carbocycles. The number of hydrogen-bond acceptors (Lipinski definition) is 7. The van der Waals surface area contributed by atoms with Gasteiger partial charge in [0.1, 0.15) is 5.75 Å². The van der Waals surface area contributed by atoms with Crippen LogP contribution in [0, 0.1) is 6.92 Å². The number of carbonyl (C=O) groups is 1. The van der Waals surface area contributed by atoms with E-state index >= 15 is 0 Å². The number of para-hydroxylation sites is 2. The zero-order chi connectivity index (χ0) is 22.7. The topological polar surface area (TPSA) is 109 Å². The van der Waals surface area contributed by atoms with Crippen LogP contribution in [0.2, 0.25) is 0 Å². The van der Waals surface area contributed by atoms with Crippen molar-refractivity contribution in [3.63, 3.8) is 0 Å². The van der Waals surface area contributed by atoms with E-state index in [-0.39, 0.29) is 5.75 Å². The summed E-state index contributed by atoms with van der Waals surface area (Å²) in [6, 6.07) is 14.0. The Morgan fingerprint density at radius 1 is 1.09 bits per heavy atom. The summed E-state index contributed by atoms with van der Waals surface area (Å²) in [5.74, 6) is 1.07. The molecule has 2 heterocycles. The van der Waals surface area contributed by atoms with Gasteiger partial charge in [0.05, 0.1) is 36.5 Å². The number of methoxy groups -OCH3 is 2. The summed E-state index contributed by atoms with van der Waals surface area (Å²) in [5, 5.41) is 0.402. The second-order valence-electron chi connectivity index (χ2n) is 6.89. The maximum absolute atomic E-state index is 12.9. The quantitative estimate of drug-likeness (QED) is 0.332. The molecule has 4 aromatic rings. The number of imidazole rings is 1. The molecule has 0 spiro atoms. The maximum Gasteiger partial charge on any atom is 0.337 e. The molecule has 8 nitrogen and oxygen atoms in total. The van der Waals surface area contributed by atoms with Crippen molar-refractivity contribution in [1.82, 2.24) is 15.0 Å². The minimum Gasteiger partial charge on any atom is -0.609 e. The number of rotatable bonds is 7. The number of H-pyrrole nitrogens is 1. The van der Waals surface area contributed by atoms with Gasteiger partial charge < -0.3 is 18.8 Å². The zero-order valence-corrected chi connectivity index (χ0v) is 18.6. The summed E-state index contributed by atoms with van der Waals surface area (Å²) in [5.41, 5.74) is 3.33. The van der Waals surface area contributed by atoms with Crippen LogP contribution >= 0.6 is 0 Å². The third-order valence-electron chi connectivity index (χ3n) is 4.91. The van der Waals surface area contributed by atoms with Crippen molar-refractivity contribution in [2.75, 3.05) is 14.2 Å². The van der Waals surface area contributed by atoms with Crippen LogP contribution in [-0.2, 0) is 21.7 Å². The fourth-order valence-corrected chi connectivity index (χ4v) is 4.26. The van der Waals surface area contributed by atoms with Gasteiger partial charge in [0, 0.05) is 22.9 Å². The summed E-state index contributed by atoms with van der Waals surface area (Å²) in [6.45, 7) is 1.85. The molecule has 0 amide bonds. The molecule has 164 valence electrons. The van der Waals surface area contributed by atoms with E-state index in [1.165, 1.54) is 14.2 Å². The number of carbonyl (C=O) groups excluding carboxylic acids is 1. The molecule has 32 heavy (non-hydrogen) atoms. The van der Waals surface area contributed by atoms with Gasteiger partial charge in [-0.25, -0.2) is 4.79 Å². The highest BCUT2D eigenvalue weighted by atomic mass is 32.2. The normalized spacial score (nSPS) is 11.9. The van der Waals surface area contributed by atoms with Crippen LogP contribution in [0.4, 0.5) is 0 Å². The van der Waals surface area contributed by atoms with E-state index in [1.54, 1.807) is 30.5 Å². The molecule has 0 bridgehead atoms. The van der Waals surface area contributed by atoms with E-state index in [2.05, 4.69) is 15.0 Å². The van der Waals surface area contributed by atoms with Crippen LogP contribution in [0.25, 0.3) is 11.0 Å². The summed E-state index contributed by atoms with van der Waals surface area (Å²) in [4.78, 5) is 23.7. The number of hydrogen-bond donors (Lipinski definition) is 1. The van der Waals surface area contributed by atoms with Gasteiger partial charge in [0.2, 0.25) is 0 Å². The van der Waals surface area contributed by atoms with Crippen LogP contribution in [0.5, 0.6) is 17.2 Å². The molecule has 1 N–H and O–H groups in total. The molecule has 0 radical (unpaired) electrons. The number of aromatic amines is 1. The van der Waals surface area contributed by atoms with Crippen molar-refractivity contribution >= 4 is 28.2 Å². The maximum atomic E-state index is 12.9. The Labute approximate surface area is 187 Å². The number of aromatic nitrogens is 3. The number of fused-ring (bicyclic) bond motifs is 1. The summed E-state index contributed by atoms with van der Waals surface area (Å²) >= 11 is -1.41. The van der Waals surface area contributed by atoms with Crippen LogP contribution in [0.15, 0.2) is 59.9 Å². The highest BCUT2D eigenvalue weighted by Crippen LogP contribution is 2.34. The fourth-order valence-electron chi connectivity index (χ4n) is 3.16. The lowest BCUT2D eigenvalue weighted by Gasteiger charge is -2.15. The van der Waals surface area contributed by atoms with E-state index in [9.17, 15) is 9.35 Å². The highest BCUT2D eigenvalue weighted by molar-refractivity contribution is 7.90. The Kier molecular flexibility index (Phi) is 6.29. The van der Waals surface area contributed by atoms with Crippen LogP contribution in [-0.4, -0.2) is 39.7 Å². The smallest absolute Gasteiger partial charge is 0.337 e. The van der Waals surface area contributed by atoms with Crippen molar-refractivity contribution < 1.29 is 23.6 Å². The zero-order valence-electron chi connectivity index (χ0n) is 17.7. The van der Waals surface area contributed by atoms with Crippen molar-refractivity contribution in [2.45, 2.75) is 17.8 Å². The monoisotopic (exact) mass is 451 g/mol. The largest absolute Gasteiger partial charge is 0.609 e. The molecule has 2 aromatic heterocycles.